The van der Waals surface area contributed by atoms with E-state index >= 15 is 0 Å². The Morgan fingerprint density at radius 2 is 1.92 bits per heavy atom. The van der Waals surface area contributed by atoms with Crippen molar-refractivity contribution in [3.63, 3.8) is 0 Å². The Hall–Kier alpha value is -2.87. The topological polar surface area (TPSA) is 56.1 Å². The van der Waals surface area contributed by atoms with E-state index in [1.165, 1.54) is 12.1 Å². The molecule has 5 heteroatoms. The van der Waals surface area contributed by atoms with Crippen LogP contribution in [0.5, 0.6) is 0 Å². The first-order valence-electron chi connectivity index (χ1n) is 7.95. The van der Waals surface area contributed by atoms with Gasteiger partial charge in [0, 0.05) is 18.8 Å². The number of hydrogen-bond donors (Lipinski definition) is 1. The van der Waals surface area contributed by atoms with Crippen molar-refractivity contribution in [1.29, 1.82) is 5.26 Å². The van der Waals surface area contributed by atoms with Gasteiger partial charge in [0.15, 0.2) is 6.19 Å². The van der Waals surface area contributed by atoms with Crippen LogP contribution in [0.3, 0.4) is 0 Å². The molecule has 24 heavy (non-hydrogen) atoms. The third-order valence-corrected chi connectivity index (χ3v) is 5.04. The molecule has 2 heterocycles. The summed E-state index contributed by atoms with van der Waals surface area (Å²) in [6.07, 6.45) is 3.45. The summed E-state index contributed by atoms with van der Waals surface area (Å²) in [6, 6.07) is 12.3. The van der Waals surface area contributed by atoms with Crippen molar-refractivity contribution in [3.05, 3.63) is 53.8 Å². The van der Waals surface area contributed by atoms with Crippen LogP contribution in [0, 0.1) is 22.7 Å². The van der Waals surface area contributed by atoms with E-state index in [1.807, 2.05) is 12.1 Å². The highest BCUT2D eigenvalue weighted by Gasteiger charge is 2.47. The molecule has 1 amide bonds. The molecule has 2 aliphatic heterocycles. The van der Waals surface area contributed by atoms with Gasteiger partial charge in [-0.25, -0.2) is 4.39 Å². The third-order valence-electron chi connectivity index (χ3n) is 5.04. The van der Waals surface area contributed by atoms with Crippen LogP contribution in [-0.2, 0) is 11.2 Å². The Bertz CT molecular complexity index is 856. The molecule has 0 bridgehead atoms. The molecule has 0 saturated carbocycles. The predicted molar refractivity (Wildman–Crippen MR) is 88.4 cm³/mol. The van der Waals surface area contributed by atoms with E-state index in [2.05, 4.69) is 17.6 Å². The zero-order chi connectivity index (χ0) is 16.7. The van der Waals surface area contributed by atoms with Crippen molar-refractivity contribution >= 4 is 11.6 Å². The van der Waals surface area contributed by atoms with Gasteiger partial charge in [0.1, 0.15) is 5.82 Å². The molecule has 0 aliphatic carbocycles. The van der Waals surface area contributed by atoms with Crippen LogP contribution in [0.1, 0.15) is 12.0 Å². The van der Waals surface area contributed by atoms with E-state index in [0.29, 0.717) is 25.9 Å². The average Bonchev–Trinajstić information content (AvgIpc) is 3.01. The van der Waals surface area contributed by atoms with Crippen LogP contribution in [0.4, 0.5) is 10.1 Å². The number of benzene rings is 2. The molecule has 1 unspecified atom stereocenters. The number of carbonyl (C=O) groups excluding carboxylic acids is 1. The van der Waals surface area contributed by atoms with Crippen LogP contribution < -0.4 is 5.32 Å². The van der Waals surface area contributed by atoms with Gasteiger partial charge in [-0.3, -0.25) is 4.79 Å². The summed E-state index contributed by atoms with van der Waals surface area (Å²) in [5.41, 5.74) is 3.30. The van der Waals surface area contributed by atoms with Gasteiger partial charge in [0.05, 0.1) is 5.41 Å². The van der Waals surface area contributed by atoms with E-state index in [9.17, 15) is 9.18 Å². The van der Waals surface area contributed by atoms with E-state index in [4.69, 9.17) is 5.26 Å². The van der Waals surface area contributed by atoms with Crippen molar-refractivity contribution in [2.75, 3.05) is 18.4 Å². The lowest BCUT2D eigenvalue weighted by molar-refractivity contribution is -0.125. The Labute approximate surface area is 139 Å². The van der Waals surface area contributed by atoms with Crippen LogP contribution in [0.15, 0.2) is 42.5 Å². The summed E-state index contributed by atoms with van der Waals surface area (Å²) in [6.45, 7) is 1.09. The number of hydrogen-bond acceptors (Lipinski definition) is 3. The number of fused-ring (bicyclic) bond motifs is 1. The molecule has 1 atom stereocenters. The van der Waals surface area contributed by atoms with Crippen LogP contribution in [0.25, 0.3) is 11.1 Å². The van der Waals surface area contributed by atoms with E-state index in [1.54, 1.807) is 17.0 Å². The summed E-state index contributed by atoms with van der Waals surface area (Å²) in [4.78, 5) is 14.2. The fourth-order valence-corrected chi connectivity index (χ4v) is 3.67. The monoisotopic (exact) mass is 321 g/mol. The van der Waals surface area contributed by atoms with E-state index < -0.39 is 5.41 Å². The average molecular weight is 321 g/mol. The second-order valence-corrected chi connectivity index (χ2v) is 6.56. The van der Waals surface area contributed by atoms with Gasteiger partial charge in [-0.15, -0.1) is 0 Å². The Morgan fingerprint density at radius 1 is 1.17 bits per heavy atom. The summed E-state index contributed by atoms with van der Waals surface area (Å²) < 4.78 is 13.1. The first-order chi connectivity index (χ1) is 11.6. The molecule has 2 aromatic carbocycles. The maximum atomic E-state index is 13.1. The number of rotatable bonds is 1. The molecular formula is C19H16FN3O. The van der Waals surface area contributed by atoms with Crippen LogP contribution >= 0.6 is 0 Å². The number of nitrogens with one attached hydrogen (secondary N) is 1. The molecule has 2 aliphatic rings. The summed E-state index contributed by atoms with van der Waals surface area (Å²) in [5.74, 6) is -0.257. The highest BCUT2D eigenvalue weighted by Crippen LogP contribution is 2.41. The molecule has 1 N–H and O–H groups in total. The van der Waals surface area contributed by atoms with Gasteiger partial charge in [-0.1, -0.05) is 18.2 Å². The molecule has 120 valence electrons. The van der Waals surface area contributed by atoms with Gasteiger partial charge in [-0.2, -0.15) is 5.26 Å². The normalized spacial score (nSPS) is 22.2. The summed E-state index contributed by atoms with van der Waals surface area (Å²) in [5, 5.41) is 12.1. The minimum atomic E-state index is -0.524. The number of likely N-dealkylation sites (tertiary alicyclic amines) is 1. The molecule has 2 aromatic rings. The highest BCUT2D eigenvalue weighted by molar-refractivity contribution is 5.99. The van der Waals surface area contributed by atoms with Gasteiger partial charge in [-0.05, 0) is 53.8 Å². The van der Waals surface area contributed by atoms with Crippen LogP contribution in [-0.4, -0.2) is 23.9 Å². The first kappa shape index (κ1) is 14.7. The number of halogens is 1. The molecule has 1 fully saturated rings. The minimum absolute atomic E-state index is 0.00211. The third kappa shape index (κ3) is 2.31. The number of anilines is 1. The molecule has 1 saturated heterocycles. The zero-order valence-electron chi connectivity index (χ0n) is 13.1. The lowest BCUT2D eigenvalue weighted by Gasteiger charge is -2.33. The molecule has 4 rings (SSSR count). The lowest BCUT2D eigenvalue weighted by Crippen LogP contribution is -2.43. The van der Waals surface area contributed by atoms with Crippen molar-refractivity contribution in [2.24, 2.45) is 5.41 Å². The smallest absolute Gasteiger partial charge is 0.232 e. The fourth-order valence-electron chi connectivity index (χ4n) is 3.67. The summed E-state index contributed by atoms with van der Waals surface area (Å²) >= 11 is 0. The molecule has 4 nitrogen and oxygen atoms in total. The molecule has 0 radical (unpaired) electrons. The van der Waals surface area contributed by atoms with Crippen molar-refractivity contribution < 1.29 is 9.18 Å². The minimum Gasteiger partial charge on any atom is -0.325 e. The van der Waals surface area contributed by atoms with Crippen molar-refractivity contribution in [1.82, 2.24) is 4.90 Å². The maximum Gasteiger partial charge on any atom is 0.232 e. The SMILES string of the molecule is N#CN1CCC2(Cc3cc(-c4ccc(F)cc4)ccc3NC2=O)C1. The molecule has 0 aromatic heterocycles. The van der Waals surface area contributed by atoms with Crippen molar-refractivity contribution in [3.8, 4) is 17.3 Å². The Morgan fingerprint density at radius 3 is 2.62 bits per heavy atom. The summed E-state index contributed by atoms with van der Waals surface area (Å²) in [7, 11) is 0. The van der Waals surface area contributed by atoms with Gasteiger partial charge in [0.25, 0.3) is 0 Å². The highest BCUT2D eigenvalue weighted by atomic mass is 19.1. The van der Waals surface area contributed by atoms with Gasteiger partial charge < -0.3 is 10.2 Å². The fraction of sp³-hybridized carbons (Fsp3) is 0.263. The zero-order valence-corrected chi connectivity index (χ0v) is 13.1. The quantitative estimate of drug-likeness (QED) is 0.821. The van der Waals surface area contributed by atoms with Crippen molar-refractivity contribution in [2.45, 2.75) is 12.8 Å². The molecular weight excluding hydrogens is 305 g/mol. The van der Waals surface area contributed by atoms with E-state index in [-0.39, 0.29) is 11.7 Å². The van der Waals surface area contributed by atoms with E-state index in [0.717, 1.165) is 22.4 Å². The Kier molecular flexibility index (Phi) is 3.27. The predicted octanol–water partition coefficient (Wildman–Crippen LogP) is 3.16. The number of nitriles is 1. The van der Waals surface area contributed by atoms with Gasteiger partial charge >= 0.3 is 0 Å². The lowest BCUT2D eigenvalue weighted by atomic mass is 9.76. The first-order valence-corrected chi connectivity index (χ1v) is 7.95. The van der Waals surface area contributed by atoms with Crippen LogP contribution in [0.2, 0.25) is 0 Å². The maximum absolute atomic E-state index is 13.1. The second-order valence-electron chi connectivity index (χ2n) is 6.56. The van der Waals surface area contributed by atoms with Gasteiger partial charge in [0.2, 0.25) is 5.91 Å². The number of nitrogens with zero attached hydrogens (tertiary/aromatic N) is 2. The second kappa shape index (κ2) is 5.34. The number of amides is 1. The standard InChI is InChI=1S/C19H16FN3O/c20-16-4-1-13(2-5-16)14-3-6-17-15(9-14)10-19(18(24)22-17)7-8-23(11-19)12-21/h1-6,9H,7-8,10-11H2,(H,22,24). The Balaban J connectivity index is 1.69. The molecule has 1 spiro atoms. The number of carbonyl (C=O) groups is 1. The largest absolute Gasteiger partial charge is 0.325 e.